The second-order valence-electron chi connectivity index (χ2n) is 4.68. The van der Waals surface area contributed by atoms with Gasteiger partial charge < -0.3 is 18.3 Å². The summed E-state index contributed by atoms with van der Waals surface area (Å²) in [6, 6.07) is 3.26. The number of aryl methyl sites for hydroxylation is 2. The highest BCUT2D eigenvalue weighted by atomic mass is 33.1. The zero-order valence-electron chi connectivity index (χ0n) is 13.8. The fraction of sp³-hybridized carbons (Fsp3) is 0.375. The van der Waals surface area contributed by atoms with Gasteiger partial charge in [0, 0.05) is 12.1 Å². The summed E-state index contributed by atoms with van der Waals surface area (Å²) in [6.45, 7) is 7.53. The first-order chi connectivity index (χ1) is 11.5. The zero-order valence-corrected chi connectivity index (χ0v) is 15.5. The van der Waals surface area contributed by atoms with Gasteiger partial charge in [-0.1, -0.05) is 0 Å². The molecule has 0 aromatic carbocycles. The first-order valence-corrected chi connectivity index (χ1v) is 9.50. The van der Waals surface area contributed by atoms with Crippen LogP contribution in [0, 0.1) is 13.8 Å². The predicted molar refractivity (Wildman–Crippen MR) is 90.5 cm³/mol. The number of carbonyl (C=O) groups excluding carboxylic acids is 2. The minimum absolute atomic E-state index is 0.309. The van der Waals surface area contributed by atoms with Crippen molar-refractivity contribution in [1.29, 1.82) is 0 Å². The lowest BCUT2D eigenvalue weighted by molar-refractivity contribution is 0.0514. The summed E-state index contributed by atoms with van der Waals surface area (Å²) in [4.78, 5) is 23.5. The first-order valence-electron chi connectivity index (χ1n) is 7.35. The topological polar surface area (TPSA) is 78.9 Å². The molecule has 0 N–H and O–H groups in total. The number of carbonyl (C=O) groups is 2. The minimum atomic E-state index is -0.408. The van der Waals surface area contributed by atoms with Crippen LogP contribution in [0.1, 0.15) is 46.1 Å². The summed E-state index contributed by atoms with van der Waals surface area (Å²) >= 11 is 0. The molecular formula is C16H18O6S2. The maximum atomic E-state index is 11.8. The van der Waals surface area contributed by atoms with E-state index in [0.29, 0.717) is 46.0 Å². The normalized spacial score (nSPS) is 10.7. The van der Waals surface area contributed by atoms with E-state index in [4.69, 9.17) is 18.3 Å². The summed E-state index contributed by atoms with van der Waals surface area (Å²) in [6.07, 6.45) is 0. The van der Waals surface area contributed by atoms with Crippen LogP contribution in [-0.4, -0.2) is 25.2 Å². The van der Waals surface area contributed by atoms with Crippen LogP contribution >= 0.6 is 21.6 Å². The SMILES string of the molecule is CCOC(=O)c1cc(SSc2cc(C(=O)OCC)c(C)o2)oc1C. The molecule has 0 unspecified atom stereocenters. The van der Waals surface area contributed by atoms with E-state index in [9.17, 15) is 9.59 Å². The Morgan fingerprint density at radius 3 is 1.58 bits per heavy atom. The molecule has 2 heterocycles. The largest absolute Gasteiger partial charge is 0.462 e. The average molecular weight is 370 g/mol. The lowest BCUT2D eigenvalue weighted by Crippen LogP contribution is -2.04. The molecule has 0 saturated carbocycles. The lowest BCUT2D eigenvalue weighted by atomic mass is 10.3. The van der Waals surface area contributed by atoms with Crippen LogP contribution in [0.2, 0.25) is 0 Å². The molecule has 0 atom stereocenters. The van der Waals surface area contributed by atoms with Gasteiger partial charge >= 0.3 is 11.9 Å². The molecule has 24 heavy (non-hydrogen) atoms. The van der Waals surface area contributed by atoms with E-state index in [0.717, 1.165) is 0 Å². The highest BCUT2D eigenvalue weighted by Gasteiger charge is 2.19. The fourth-order valence-corrected chi connectivity index (χ4v) is 3.70. The Bertz CT molecular complexity index is 669. The predicted octanol–water partition coefficient (Wildman–Crippen LogP) is 4.64. The van der Waals surface area contributed by atoms with Gasteiger partial charge in [0.25, 0.3) is 0 Å². The summed E-state index contributed by atoms with van der Waals surface area (Å²) < 4.78 is 21.0. The standard InChI is InChI=1S/C16H18O6S2/c1-5-19-15(17)11-7-13(21-9(11)3)23-24-14-8-12(10(4)22-14)16(18)20-6-2/h7-8H,5-6H2,1-4H3. The number of hydrogen-bond donors (Lipinski definition) is 0. The van der Waals surface area contributed by atoms with Gasteiger partial charge in [-0.15, -0.1) is 0 Å². The van der Waals surface area contributed by atoms with Crippen molar-refractivity contribution >= 4 is 33.5 Å². The number of rotatable bonds is 7. The van der Waals surface area contributed by atoms with Crippen LogP contribution < -0.4 is 0 Å². The molecule has 2 rings (SSSR count). The molecule has 0 aliphatic carbocycles. The Morgan fingerprint density at radius 2 is 1.25 bits per heavy atom. The van der Waals surface area contributed by atoms with E-state index in [1.807, 2.05) is 0 Å². The molecular weight excluding hydrogens is 352 g/mol. The van der Waals surface area contributed by atoms with Crippen molar-refractivity contribution < 1.29 is 27.9 Å². The molecule has 8 heteroatoms. The van der Waals surface area contributed by atoms with Crippen molar-refractivity contribution in [3.8, 4) is 0 Å². The van der Waals surface area contributed by atoms with Crippen molar-refractivity contribution in [3.63, 3.8) is 0 Å². The average Bonchev–Trinajstić information content (AvgIpc) is 3.08. The number of ether oxygens (including phenoxy) is 2. The van der Waals surface area contributed by atoms with E-state index in [1.54, 1.807) is 39.8 Å². The molecule has 0 radical (unpaired) electrons. The highest BCUT2D eigenvalue weighted by molar-refractivity contribution is 8.76. The Kier molecular flexibility index (Phi) is 6.44. The molecule has 6 nitrogen and oxygen atoms in total. The van der Waals surface area contributed by atoms with E-state index in [1.165, 1.54) is 21.6 Å². The lowest BCUT2D eigenvalue weighted by Gasteiger charge is -1.97. The second-order valence-corrected chi connectivity index (χ2v) is 6.82. The zero-order chi connectivity index (χ0) is 17.7. The summed E-state index contributed by atoms with van der Waals surface area (Å²) in [7, 11) is 2.57. The molecule has 0 fully saturated rings. The minimum Gasteiger partial charge on any atom is -0.462 e. The van der Waals surface area contributed by atoms with Crippen LogP contribution in [0.15, 0.2) is 31.2 Å². The van der Waals surface area contributed by atoms with Gasteiger partial charge in [-0.3, -0.25) is 0 Å². The third kappa shape index (κ3) is 4.39. The van der Waals surface area contributed by atoms with Crippen LogP contribution in [-0.2, 0) is 9.47 Å². The number of esters is 2. The third-order valence-corrected chi connectivity index (χ3v) is 5.04. The van der Waals surface area contributed by atoms with Gasteiger partial charge in [0.15, 0.2) is 10.2 Å². The Hall–Kier alpha value is -1.80. The van der Waals surface area contributed by atoms with E-state index >= 15 is 0 Å². The molecule has 0 amide bonds. The Morgan fingerprint density at radius 1 is 0.875 bits per heavy atom. The van der Waals surface area contributed by atoms with Crippen molar-refractivity contribution in [3.05, 3.63) is 34.8 Å². The van der Waals surface area contributed by atoms with Crippen molar-refractivity contribution in [2.24, 2.45) is 0 Å². The molecule has 0 aliphatic heterocycles. The quantitative estimate of drug-likeness (QED) is 0.515. The molecule has 2 aromatic rings. The highest BCUT2D eigenvalue weighted by Crippen LogP contribution is 2.40. The summed E-state index contributed by atoms with van der Waals surface area (Å²) in [5.41, 5.74) is 0.811. The molecule has 0 aliphatic rings. The van der Waals surface area contributed by atoms with Gasteiger partial charge in [0.2, 0.25) is 0 Å². The van der Waals surface area contributed by atoms with Gasteiger partial charge in [-0.05, 0) is 49.3 Å². The molecule has 130 valence electrons. The first kappa shape index (κ1) is 18.5. The second kappa shape index (κ2) is 8.34. The van der Waals surface area contributed by atoms with Crippen molar-refractivity contribution in [1.82, 2.24) is 0 Å². The van der Waals surface area contributed by atoms with Crippen LogP contribution in [0.5, 0.6) is 0 Å². The van der Waals surface area contributed by atoms with Crippen LogP contribution in [0.4, 0.5) is 0 Å². The van der Waals surface area contributed by atoms with E-state index in [2.05, 4.69) is 0 Å². The van der Waals surface area contributed by atoms with Gasteiger partial charge in [0.1, 0.15) is 22.6 Å². The molecule has 2 aromatic heterocycles. The van der Waals surface area contributed by atoms with Crippen molar-refractivity contribution in [2.75, 3.05) is 13.2 Å². The maximum absolute atomic E-state index is 11.8. The summed E-state index contributed by atoms with van der Waals surface area (Å²) in [5, 5.41) is 1.10. The molecule has 0 saturated heterocycles. The van der Waals surface area contributed by atoms with Gasteiger partial charge in [-0.2, -0.15) is 0 Å². The number of hydrogen-bond acceptors (Lipinski definition) is 8. The smallest absolute Gasteiger partial charge is 0.341 e. The van der Waals surface area contributed by atoms with E-state index in [-0.39, 0.29) is 0 Å². The monoisotopic (exact) mass is 370 g/mol. The molecule has 0 bridgehead atoms. The van der Waals surface area contributed by atoms with Crippen LogP contribution in [0.3, 0.4) is 0 Å². The maximum Gasteiger partial charge on any atom is 0.341 e. The van der Waals surface area contributed by atoms with Crippen molar-refractivity contribution in [2.45, 2.75) is 37.9 Å². The third-order valence-electron chi connectivity index (χ3n) is 2.99. The summed E-state index contributed by atoms with van der Waals surface area (Å²) in [5.74, 6) is 0.182. The van der Waals surface area contributed by atoms with Gasteiger partial charge in [0.05, 0.1) is 13.2 Å². The number of furan rings is 2. The molecule has 0 spiro atoms. The fourth-order valence-electron chi connectivity index (χ4n) is 1.90. The van der Waals surface area contributed by atoms with Gasteiger partial charge in [-0.25, -0.2) is 9.59 Å². The van der Waals surface area contributed by atoms with E-state index < -0.39 is 11.9 Å². The van der Waals surface area contributed by atoms with Crippen LogP contribution in [0.25, 0.3) is 0 Å². The Balaban J connectivity index is 2.04. The Labute approximate surface area is 147 Å².